The molecule has 25 heavy (non-hydrogen) atoms. The summed E-state index contributed by atoms with van der Waals surface area (Å²) in [6, 6.07) is 0. The number of unbranched alkanes of at least 4 members (excludes halogenated alkanes) is 14. The standard InChI is InChI=1S/C22H43N3/c1-3-5-6-7-8-9-10-11-12-13-14-15-16-17-18-19-21-24-20(4-2)22(23)25-21/h3-19,23H2,1-2H3,(H,24,25). The molecule has 0 unspecified atom stereocenters. The Bertz CT molecular complexity index is 411. The lowest BCUT2D eigenvalue weighted by atomic mass is 10.0. The average molecular weight is 350 g/mol. The highest BCUT2D eigenvalue weighted by molar-refractivity contribution is 5.35. The maximum Gasteiger partial charge on any atom is 0.144 e. The summed E-state index contributed by atoms with van der Waals surface area (Å²) in [4.78, 5) is 7.75. The number of nitrogens with zero attached hydrogens (tertiary/aromatic N) is 1. The second-order valence-corrected chi connectivity index (χ2v) is 7.60. The summed E-state index contributed by atoms with van der Waals surface area (Å²) in [5.41, 5.74) is 6.96. The Morgan fingerprint density at radius 2 is 1.12 bits per heavy atom. The number of aromatic amines is 1. The summed E-state index contributed by atoms with van der Waals surface area (Å²) in [6.45, 7) is 4.40. The van der Waals surface area contributed by atoms with Crippen LogP contribution in [0.3, 0.4) is 0 Å². The van der Waals surface area contributed by atoms with Gasteiger partial charge in [0.05, 0.1) is 5.69 Å². The predicted octanol–water partition coefficient (Wildman–Crippen LogP) is 6.97. The molecule has 0 radical (unpaired) electrons. The molecule has 0 aliphatic carbocycles. The van der Waals surface area contributed by atoms with E-state index in [1.807, 2.05) is 0 Å². The van der Waals surface area contributed by atoms with Crippen molar-refractivity contribution >= 4 is 5.82 Å². The molecule has 0 bridgehead atoms. The Hall–Kier alpha value is -0.990. The number of hydrogen-bond donors (Lipinski definition) is 2. The van der Waals surface area contributed by atoms with Crippen molar-refractivity contribution in [3.8, 4) is 0 Å². The van der Waals surface area contributed by atoms with Crippen molar-refractivity contribution in [2.24, 2.45) is 0 Å². The van der Waals surface area contributed by atoms with E-state index >= 15 is 0 Å². The Kier molecular flexibility index (Phi) is 13.5. The first-order chi connectivity index (χ1) is 12.3. The number of hydrogen-bond acceptors (Lipinski definition) is 2. The minimum atomic E-state index is 0.693. The van der Waals surface area contributed by atoms with E-state index in [0.29, 0.717) is 5.82 Å². The Balaban J connectivity index is 1.80. The maximum absolute atomic E-state index is 5.87. The molecule has 3 heteroatoms. The second-order valence-electron chi connectivity index (χ2n) is 7.60. The van der Waals surface area contributed by atoms with E-state index in [4.69, 9.17) is 5.73 Å². The van der Waals surface area contributed by atoms with Crippen molar-refractivity contribution in [3.05, 3.63) is 11.5 Å². The molecule has 3 N–H and O–H groups in total. The fraction of sp³-hybridized carbons (Fsp3) is 0.864. The van der Waals surface area contributed by atoms with E-state index in [-0.39, 0.29) is 0 Å². The highest BCUT2D eigenvalue weighted by Crippen LogP contribution is 2.15. The summed E-state index contributed by atoms with van der Waals surface area (Å²) in [5, 5.41) is 0. The largest absolute Gasteiger partial charge is 0.382 e. The lowest BCUT2D eigenvalue weighted by molar-refractivity contribution is 0.531. The van der Waals surface area contributed by atoms with E-state index in [0.717, 1.165) is 24.4 Å². The van der Waals surface area contributed by atoms with Crippen molar-refractivity contribution in [3.63, 3.8) is 0 Å². The zero-order chi connectivity index (χ0) is 18.2. The number of aromatic nitrogens is 2. The topological polar surface area (TPSA) is 54.7 Å². The molecule has 1 aromatic rings. The van der Waals surface area contributed by atoms with Crippen LogP contribution in [0, 0.1) is 0 Å². The number of nitrogens with two attached hydrogens (primary N) is 1. The number of aryl methyl sites for hydroxylation is 2. The average Bonchev–Trinajstić information content (AvgIpc) is 2.98. The molecule has 1 aromatic heterocycles. The molecule has 3 nitrogen and oxygen atoms in total. The molecule has 0 amide bonds. The van der Waals surface area contributed by atoms with Crippen LogP contribution in [-0.4, -0.2) is 9.97 Å². The van der Waals surface area contributed by atoms with Crippen LogP contribution in [0.25, 0.3) is 0 Å². The fourth-order valence-corrected chi connectivity index (χ4v) is 3.53. The molecule has 1 heterocycles. The van der Waals surface area contributed by atoms with Gasteiger partial charge in [0.1, 0.15) is 11.6 Å². The van der Waals surface area contributed by atoms with Crippen LogP contribution in [-0.2, 0) is 12.8 Å². The van der Waals surface area contributed by atoms with E-state index in [1.54, 1.807) is 0 Å². The highest BCUT2D eigenvalue weighted by Gasteiger charge is 2.04. The third kappa shape index (κ3) is 11.3. The van der Waals surface area contributed by atoms with Gasteiger partial charge < -0.3 is 10.7 Å². The van der Waals surface area contributed by atoms with Gasteiger partial charge in [0.2, 0.25) is 0 Å². The smallest absolute Gasteiger partial charge is 0.144 e. The number of imidazole rings is 1. The molecule has 146 valence electrons. The molecule has 1 rings (SSSR count). The van der Waals surface area contributed by atoms with Crippen LogP contribution in [0.15, 0.2) is 0 Å². The number of rotatable bonds is 17. The first-order valence-electron chi connectivity index (χ1n) is 11.1. The first kappa shape index (κ1) is 22.1. The van der Waals surface area contributed by atoms with Gasteiger partial charge in [0.25, 0.3) is 0 Å². The van der Waals surface area contributed by atoms with Crippen molar-refractivity contribution in [2.45, 2.75) is 123 Å². The minimum Gasteiger partial charge on any atom is -0.382 e. The SMILES string of the molecule is CCCCCCCCCCCCCCCCCc1nc(N)c(CC)[nH]1. The van der Waals surface area contributed by atoms with E-state index in [9.17, 15) is 0 Å². The van der Waals surface area contributed by atoms with E-state index < -0.39 is 0 Å². The maximum atomic E-state index is 5.87. The quantitative estimate of drug-likeness (QED) is 0.298. The molecule has 0 aliphatic heterocycles. The minimum absolute atomic E-state index is 0.693. The van der Waals surface area contributed by atoms with Crippen LogP contribution >= 0.6 is 0 Å². The number of nitrogen functional groups attached to an aromatic ring is 1. The molecule has 0 saturated carbocycles. The zero-order valence-corrected chi connectivity index (χ0v) is 17.0. The summed E-state index contributed by atoms with van der Waals surface area (Å²) >= 11 is 0. The van der Waals surface area contributed by atoms with Crippen molar-refractivity contribution in [1.29, 1.82) is 0 Å². The van der Waals surface area contributed by atoms with Gasteiger partial charge in [0.15, 0.2) is 0 Å². The number of H-pyrrole nitrogens is 1. The molecule has 0 atom stereocenters. The van der Waals surface area contributed by atoms with Crippen molar-refractivity contribution < 1.29 is 0 Å². The van der Waals surface area contributed by atoms with Crippen LogP contribution in [0.4, 0.5) is 5.82 Å². The highest BCUT2D eigenvalue weighted by atomic mass is 15.0. The van der Waals surface area contributed by atoms with Gasteiger partial charge in [-0.25, -0.2) is 4.98 Å². The van der Waals surface area contributed by atoms with Crippen molar-refractivity contribution in [2.75, 3.05) is 5.73 Å². The van der Waals surface area contributed by atoms with Gasteiger partial charge in [0, 0.05) is 6.42 Å². The van der Waals surface area contributed by atoms with Gasteiger partial charge in [-0.1, -0.05) is 104 Å². The van der Waals surface area contributed by atoms with E-state index in [1.165, 1.54) is 96.3 Å². The summed E-state index contributed by atoms with van der Waals surface area (Å²) in [6.07, 6.45) is 23.1. The van der Waals surface area contributed by atoms with Gasteiger partial charge in [-0.3, -0.25) is 0 Å². The lowest BCUT2D eigenvalue weighted by Gasteiger charge is -2.03. The Morgan fingerprint density at radius 3 is 1.52 bits per heavy atom. The van der Waals surface area contributed by atoms with Crippen molar-refractivity contribution in [1.82, 2.24) is 9.97 Å². The molecule has 0 aliphatic rings. The fourth-order valence-electron chi connectivity index (χ4n) is 3.53. The molecular formula is C22H43N3. The third-order valence-corrected chi connectivity index (χ3v) is 5.23. The van der Waals surface area contributed by atoms with Gasteiger partial charge >= 0.3 is 0 Å². The van der Waals surface area contributed by atoms with Crippen LogP contribution in [0.1, 0.15) is 122 Å². The predicted molar refractivity (Wildman–Crippen MR) is 111 cm³/mol. The first-order valence-corrected chi connectivity index (χ1v) is 11.1. The third-order valence-electron chi connectivity index (χ3n) is 5.23. The number of anilines is 1. The molecule has 0 spiro atoms. The second kappa shape index (κ2) is 15.3. The van der Waals surface area contributed by atoms with Gasteiger partial charge in [-0.15, -0.1) is 0 Å². The zero-order valence-electron chi connectivity index (χ0n) is 17.0. The molecule has 0 fully saturated rings. The van der Waals surface area contributed by atoms with Crippen LogP contribution in [0.5, 0.6) is 0 Å². The monoisotopic (exact) mass is 349 g/mol. The summed E-state index contributed by atoms with van der Waals surface area (Å²) in [7, 11) is 0. The normalized spacial score (nSPS) is 11.3. The molecule has 0 aromatic carbocycles. The Labute approximate surface area is 156 Å². The molecule has 0 saturated heterocycles. The number of nitrogens with one attached hydrogen (secondary N) is 1. The molecular weight excluding hydrogens is 306 g/mol. The van der Waals surface area contributed by atoms with E-state index in [2.05, 4.69) is 23.8 Å². The Morgan fingerprint density at radius 1 is 0.680 bits per heavy atom. The van der Waals surface area contributed by atoms with Gasteiger partial charge in [-0.2, -0.15) is 0 Å². The summed E-state index contributed by atoms with van der Waals surface area (Å²) < 4.78 is 0. The lowest BCUT2D eigenvalue weighted by Crippen LogP contribution is -1.90. The summed E-state index contributed by atoms with van der Waals surface area (Å²) in [5.74, 6) is 1.77. The van der Waals surface area contributed by atoms with Crippen LogP contribution < -0.4 is 5.73 Å². The van der Waals surface area contributed by atoms with Gasteiger partial charge in [-0.05, 0) is 12.8 Å². The van der Waals surface area contributed by atoms with Crippen LogP contribution in [0.2, 0.25) is 0 Å².